The average Bonchev–Trinajstić information content (AvgIpc) is 3.10. The number of benzene rings is 2. The van der Waals surface area contributed by atoms with Crippen LogP contribution < -0.4 is 9.64 Å². The highest BCUT2D eigenvalue weighted by molar-refractivity contribution is 7.14. The highest BCUT2D eigenvalue weighted by Crippen LogP contribution is 2.31. The number of thiazole rings is 1. The first-order valence-corrected chi connectivity index (χ1v) is 9.55. The zero-order valence-electron chi connectivity index (χ0n) is 15.1. The van der Waals surface area contributed by atoms with Gasteiger partial charge in [-0.3, -0.25) is 14.5 Å². The number of ether oxygens (including phenoxy) is 1. The topological polar surface area (TPSA) is 59.5 Å². The molecule has 0 atom stereocenters. The summed E-state index contributed by atoms with van der Waals surface area (Å²) in [5, 5.41) is 2.49. The zero-order chi connectivity index (χ0) is 20.3. The normalized spacial score (nSPS) is 10.6. The zero-order valence-corrected chi connectivity index (χ0v) is 16.7. The molecule has 0 saturated heterocycles. The molecular formula is C20H16ClFN2O3S. The molecule has 0 fully saturated rings. The fraction of sp³-hybridized carbons (Fsp3) is 0.150. The number of hydrogen-bond donors (Lipinski definition) is 0. The Morgan fingerprint density at radius 1 is 1.21 bits per heavy atom. The number of anilines is 2. The Morgan fingerprint density at radius 2 is 1.96 bits per heavy atom. The standard InChI is InChI=1S/C20H16ClFN2O3S/c1-12(25)16-9-14(21)7-8-19(16)27-10-15-11-28-20(23-15)24(13(2)26)18-6-4-3-5-17(18)22/h3-9,11H,10H2,1-2H3. The predicted octanol–water partition coefficient (Wildman–Crippen LogP) is 5.40. The minimum absolute atomic E-state index is 0.0848. The van der Waals surface area contributed by atoms with Crippen LogP contribution in [0.5, 0.6) is 5.75 Å². The number of para-hydroxylation sites is 1. The van der Waals surface area contributed by atoms with Crippen molar-refractivity contribution in [1.29, 1.82) is 0 Å². The van der Waals surface area contributed by atoms with Crippen LogP contribution in [0.4, 0.5) is 15.2 Å². The Balaban J connectivity index is 1.82. The Bertz CT molecular complexity index is 1040. The van der Waals surface area contributed by atoms with E-state index in [0.29, 0.717) is 27.2 Å². The lowest BCUT2D eigenvalue weighted by Gasteiger charge is -2.18. The second kappa shape index (κ2) is 8.50. The van der Waals surface area contributed by atoms with E-state index in [1.807, 2.05) is 0 Å². The summed E-state index contributed by atoms with van der Waals surface area (Å²) in [5.41, 5.74) is 1.06. The van der Waals surface area contributed by atoms with Crippen molar-refractivity contribution in [3.8, 4) is 5.75 Å². The monoisotopic (exact) mass is 418 g/mol. The molecule has 0 N–H and O–H groups in total. The summed E-state index contributed by atoms with van der Waals surface area (Å²) in [4.78, 5) is 29.4. The summed E-state index contributed by atoms with van der Waals surface area (Å²) in [7, 11) is 0. The van der Waals surface area contributed by atoms with Crippen LogP contribution in [0, 0.1) is 5.82 Å². The van der Waals surface area contributed by atoms with Gasteiger partial charge in [0.15, 0.2) is 10.9 Å². The molecule has 28 heavy (non-hydrogen) atoms. The number of rotatable bonds is 6. The van der Waals surface area contributed by atoms with E-state index in [0.717, 1.165) is 0 Å². The highest BCUT2D eigenvalue weighted by Gasteiger charge is 2.21. The lowest BCUT2D eigenvalue weighted by molar-refractivity contribution is -0.115. The lowest BCUT2D eigenvalue weighted by atomic mass is 10.1. The molecule has 0 bridgehead atoms. The van der Waals surface area contributed by atoms with Crippen LogP contribution in [0.15, 0.2) is 47.8 Å². The second-order valence-electron chi connectivity index (χ2n) is 5.91. The Kier molecular flexibility index (Phi) is 6.06. The number of aromatic nitrogens is 1. The molecule has 144 valence electrons. The van der Waals surface area contributed by atoms with E-state index < -0.39 is 5.82 Å². The van der Waals surface area contributed by atoms with Crippen molar-refractivity contribution >= 4 is 45.4 Å². The van der Waals surface area contributed by atoms with Crippen LogP contribution in [0.3, 0.4) is 0 Å². The predicted molar refractivity (Wildman–Crippen MR) is 107 cm³/mol. The minimum Gasteiger partial charge on any atom is -0.487 e. The van der Waals surface area contributed by atoms with E-state index in [1.54, 1.807) is 35.7 Å². The maximum absolute atomic E-state index is 14.1. The smallest absolute Gasteiger partial charge is 0.230 e. The lowest BCUT2D eigenvalue weighted by Crippen LogP contribution is -2.23. The molecule has 0 aliphatic heterocycles. The maximum Gasteiger partial charge on any atom is 0.230 e. The highest BCUT2D eigenvalue weighted by atomic mass is 35.5. The number of carbonyl (C=O) groups is 2. The number of hydrogen-bond acceptors (Lipinski definition) is 5. The molecule has 1 amide bonds. The van der Waals surface area contributed by atoms with E-state index in [2.05, 4.69) is 4.98 Å². The van der Waals surface area contributed by atoms with E-state index in [4.69, 9.17) is 16.3 Å². The van der Waals surface area contributed by atoms with Crippen molar-refractivity contribution < 1.29 is 18.7 Å². The van der Waals surface area contributed by atoms with Gasteiger partial charge in [-0.1, -0.05) is 23.7 Å². The third kappa shape index (κ3) is 4.37. The summed E-state index contributed by atoms with van der Waals surface area (Å²) in [5.74, 6) is -0.649. The largest absolute Gasteiger partial charge is 0.487 e. The first-order chi connectivity index (χ1) is 13.4. The van der Waals surface area contributed by atoms with Gasteiger partial charge in [0.2, 0.25) is 5.91 Å². The second-order valence-corrected chi connectivity index (χ2v) is 7.19. The fourth-order valence-corrected chi connectivity index (χ4v) is 3.60. The summed E-state index contributed by atoms with van der Waals surface area (Å²) < 4.78 is 19.8. The quantitative estimate of drug-likeness (QED) is 0.503. The van der Waals surface area contributed by atoms with Crippen molar-refractivity contribution in [2.75, 3.05) is 4.90 Å². The molecule has 0 unspecified atom stereocenters. The molecule has 2 aromatic carbocycles. The van der Waals surface area contributed by atoms with Gasteiger partial charge >= 0.3 is 0 Å². The molecule has 5 nitrogen and oxygen atoms in total. The Hall–Kier alpha value is -2.77. The number of ketones is 1. The molecule has 0 aliphatic rings. The van der Waals surface area contributed by atoms with Gasteiger partial charge in [-0.2, -0.15) is 0 Å². The SMILES string of the molecule is CC(=O)c1cc(Cl)ccc1OCc1csc(N(C(C)=O)c2ccccc2F)n1. The van der Waals surface area contributed by atoms with Gasteiger partial charge in [0, 0.05) is 17.3 Å². The van der Waals surface area contributed by atoms with Gasteiger partial charge in [0.1, 0.15) is 18.2 Å². The summed E-state index contributed by atoms with van der Waals surface area (Å²) in [6.07, 6.45) is 0. The first kappa shape index (κ1) is 20.0. The van der Waals surface area contributed by atoms with E-state index >= 15 is 0 Å². The molecule has 0 spiro atoms. The van der Waals surface area contributed by atoms with Crippen molar-refractivity contribution in [3.05, 3.63) is 69.9 Å². The average molecular weight is 419 g/mol. The number of carbonyl (C=O) groups excluding carboxylic acids is 2. The van der Waals surface area contributed by atoms with E-state index in [1.165, 1.54) is 42.2 Å². The Morgan fingerprint density at radius 3 is 2.64 bits per heavy atom. The third-order valence-electron chi connectivity index (χ3n) is 3.84. The molecule has 0 aliphatic carbocycles. The summed E-state index contributed by atoms with van der Waals surface area (Å²) in [6, 6.07) is 10.8. The molecule has 0 saturated carbocycles. The molecular weight excluding hydrogens is 403 g/mol. The van der Waals surface area contributed by atoms with Crippen LogP contribution in [0.25, 0.3) is 0 Å². The molecule has 1 heterocycles. The molecule has 3 rings (SSSR count). The third-order valence-corrected chi connectivity index (χ3v) is 4.95. The van der Waals surface area contributed by atoms with Gasteiger partial charge < -0.3 is 4.74 Å². The Labute approximate surface area is 170 Å². The molecule has 3 aromatic rings. The van der Waals surface area contributed by atoms with E-state index in [9.17, 15) is 14.0 Å². The van der Waals surface area contributed by atoms with Gasteiger partial charge in [-0.25, -0.2) is 9.37 Å². The minimum atomic E-state index is -0.516. The summed E-state index contributed by atoms with van der Waals surface area (Å²) in [6.45, 7) is 2.86. The van der Waals surface area contributed by atoms with Gasteiger partial charge in [0.25, 0.3) is 0 Å². The first-order valence-electron chi connectivity index (χ1n) is 8.29. The number of nitrogens with zero attached hydrogens (tertiary/aromatic N) is 2. The summed E-state index contributed by atoms with van der Waals surface area (Å²) >= 11 is 7.13. The van der Waals surface area contributed by atoms with Crippen LogP contribution >= 0.6 is 22.9 Å². The number of Topliss-reactive ketones (excluding diaryl/α,β-unsaturated/α-hetero) is 1. The fourth-order valence-electron chi connectivity index (χ4n) is 2.56. The number of amides is 1. The van der Waals surface area contributed by atoms with Gasteiger partial charge in [-0.05, 0) is 37.3 Å². The number of halogens is 2. The van der Waals surface area contributed by atoms with Gasteiger partial charge in [-0.15, -0.1) is 11.3 Å². The molecule has 8 heteroatoms. The molecule has 1 aromatic heterocycles. The molecule has 0 radical (unpaired) electrons. The van der Waals surface area contributed by atoms with Crippen LogP contribution in [0.1, 0.15) is 29.9 Å². The van der Waals surface area contributed by atoms with Crippen molar-refractivity contribution in [2.45, 2.75) is 20.5 Å². The van der Waals surface area contributed by atoms with Crippen molar-refractivity contribution in [2.24, 2.45) is 0 Å². The van der Waals surface area contributed by atoms with Crippen LogP contribution in [-0.2, 0) is 11.4 Å². The van der Waals surface area contributed by atoms with E-state index in [-0.39, 0.29) is 24.0 Å². The van der Waals surface area contributed by atoms with Gasteiger partial charge in [0.05, 0.1) is 16.9 Å². The van der Waals surface area contributed by atoms with Crippen molar-refractivity contribution in [1.82, 2.24) is 4.98 Å². The van der Waals surface area contributed by atoms with Crippen LogP contribution in [0.2, 0.25) is 5.02 Å². The van der Waals surface area contributed by atoms with Crippen molar-refractivity contribution in [3.63, 3.8) is 0 Å². The maximum atomic E-state index is 14.1. The van der Waals surface area contributed by atoms with Crippen LogP contribution in [-0.4, -0.2) is 16.7 Å².